The van der Waals surface area contributed by atoms with Gasteiger partial charge in [0.15, 0.2) is 5.82 Å². The highest BCUT2D eigenvalue weighted by Gasteiger charge is 2.30. The van der Waals surface area contributed by atoms with Crippen LogP contribution < -0.4 is 11.1 Å². The van der Waals surface area contributed by atoms with Crippen LogP contribution in [0.3, 0.4) is 0 Å². The van der Waals surface area contributed by atoms with E-state index in [9.17, 15) is 14.0 Å². The molecule has 0 unspecified atom stereocenters. The number of benzene rings is 2. The van der Waals surface area contributed by atoms with E-state index < -0.39 is 5.91 Å². The predicted molar refractivity (Wildman–Crippen MR) is 171 cm³/mol. The summed E-state index contributed by atoms with van der Waals surface area (Å²) in [4.78, 5) is 37.4. The summed E-state index contributed by atoms with van der Waals surface area (Å²) in [5.74, 6) is -0.292. The molecule has 10 heteroatoms. The highest BCUT2D eigenvalue weighted by molar-refractivity contribution is 7.17. The number of nitrogens with one attached hydrogen (secondary N) is 1. The van der Waals surface area contributed by atoms with Crippen molar-refractivity contribution in [2.45, 2.75) is 58.9 Å². The Morgan fingerprint density at radius 1 is 1.02 bits per heavy atom. The lowest BCUT2D eigenvalue weighted by molar-refractivity contribution is 0.0939. The molecule has 6 rings (SSSR count). The van der Waals surface area contributed by atoms with Gasteiger partial charge in [0, 0.05) is 10.4 Å². The van der Waals surface area contributed by atoms with Crippen LogP contribution in [0.5, 0.6) is 0 Å². The fourth-order valence-corrected chi connectivity index (χ4v) is 6.96. The lowest BCUT2D eigenvalue weighted by Gasteiger charge is -2.19. The van der Waals surface area contributed by atoms with E-state index in [1.807, 2.05) is 32.0 Å². The molecule has 0 saturated heterocycles. The second-order valence-corrected chi connectivity index (χ2v) is 12.9. The Kier molecular flexibility index (Phi) is 8.58. The third-order valence-electron chi connectivity index (χ3n) is 8.01. The Balaban J connectivity index is 1.45. The molecule has 3 N–H and O–H groups in total. The molecule has 1 aliphatic rings. The van der Waals surface area contributed by atoms with Crippen molar-refractivity contribution in [3.8, 4) is 21.9 Å². The van der Waals surface area contributed by atoms with Crippen LogP contribution in [-0.2, 0) is 25.7 Å². The fraction of sp³-hybridized carbons (Fsp3) is 0.286. The summed E-state index contributed by atoms with van der Waals surface area (Å²) in [6.45, 7) is 5.82. The number of fused-ring (bicyclic) bond motifs is 1. The monoisotopic (exact) mass is 623 g/mol. The summed E-state index contributed by atoms with van der Waals surface area (Å²) in [5, 5.41) is 7.21. The van der Waals surface area contributed by atoms with Crippen molar-refractivity contribution < 1.29 is 18.5 Å². The largest absolute Gasteiger partial charge is 0.366 e. The Morgan fingerprint density at radius 3 is 2.51 bits per heavy atom. The molecule has 1 atom stereocenters. The maximum atomic E-state index is 13.6. The number of hydrogen-bond donors (Lipinski definition) is 2. The minimum absolute atomic E-state index is 0.0611. The molecule has 0 radical (unpaired) electrons. The molecule has 2 aromatic carbocycles. The van der Waals surface area contributed by atoms with E-state index in [1.165, 1.54) is 29.0 Å². The molecule has 8 nitrogen and oxygen atoms in total. The van der Waals surface area contributed by atoms with Crippen molar-refractivity contribution in [2.75, 3.05) is 0 Å². The van der Waals surface area contributed by atoms with E-state index in [-0.39, 0.29) is 35.1 Å². The standard InChI is InChI=1S/C35H34FN5O3S/c1-19(2)18-27-30(33(37)42)32(28-16-17-29(45-28)34(43)40-25-15-11-22-6-4-5-7-24(22)25)31(35-38-20(3)41-44-35)26(39-27)14-10-21-8-12-23(36)13-9-21/h4-9,12-13,16-17,19,25H,10-11,14-15,18H2,1-3H3,(H2,37,42)(H,40,43)/t25-/m0/s1. The van der Waals surface area contributed by atoms with Gasteiger partial charge in [0.05, 0.1) is 33.4 Å². The number of carbonyl (C=O) groups excluding carboxylic acids is 2. The van der Waals surface area contributed by atoms with E-state index >= 15 is 0 Å². The Labute approximate surface area is 264 Å². The molecule has 3 heterocycles. The summed E-state index contributed by atoms with van der Waals surface area (Å²) in [5.41, 5.74) is 11.9. The quantitative estimate of drug-likeness (QED) is 0.176. The first kappa shape index (κ1) is 30.3. The normalized spacial score (nSPS) is 14.1. The van der Waals surface area contributed by atoms with Crippen molar-refractivity contribution in [3.63, 3.8) is 0 Å². The predicted octanol–water partition coefficient (Wildman–Crippen LogP) is 6.81. The molecule has 0 spiro atoms. The molecule has 45 heavy (non-hydrogen) atoms. The lowest BCUT2D eigenvalue weighted by Crippen LogP contribution is -2.26. The first-order valence-electron chi connectivity index (χ1n) is 15.1. The average Bonchev–Trinajstić information content (AvgIpc) is 3.76. The van der Waals surface area contributed by atoms with E-state index in [0.717, 1.165) is 24.0 Å². The summed E-state index contributed by atoms with van der Waals surface area (Å²) in [6.07, 6.45) is 3.29. The van der Waals surface area contributed by atoms with Gasteiger partial charge >= 0.3 is 0 Å². The zero-order valence-corrected chi connectivity index (χ0v) is 26.2. The van der Waals surface area contributed by atoms with Gasteiger partial charge in [0.2, 0.25) is 0 Å². The summed E-state index contributed by atoms with van der Waals surface area (Å²) < 4.78 is 19.3. The molecule has 1 aliphatic carbocycles. The second kappa shape index (κ2) is 12.7. The van der Waals surface area contributed by atoms with Gasteiger partial charge in [-0.3, -0.25) is 14.6 Å². The van der Waals surface area contributed by atoms with Gasteiger partial charge in [0.1, 0.15) is 5.82 Å². The van der Waals surface area contributed by atoms with Gasteiger partial charge in [-0.15, -0.1) is 11.3 Å². The van der Waals surface area contributed by atoms with Crippen molar-refractivity contribution in [1.29, 1.82) is 0 Å². The number of primary amides is 1. The van der Waals surface area contributed by atoms with Crippen LogP contribution in [0, 0.1) is 18.7 Å². The van der Waals surface area contributed by atoms with Crippen LogP contribution >= 0.6 is 11.3 Å². The van der Waals surface area contributed by atoms with Gasteiger partial charge < -0.3 is 15.6 Å². The number of nitrogens with zero attached hydrogens (tertiary/aromatic N) is 3. The van der Waals surface area contributed by atoms with E-state index in [4.69, 9.17) is 15.2 Å². The zero-order valence-electron chi connectivity index (χ0n) is 25.4. The van der Waals surface area contributed by atoms with Gasteiger partial charge in [-0.05, 0) is 85.9 Å². The Bertz CT molecular complexity index is 1880. The zero-order chi connectivity index (χ0) is 31.7. The first-order valence-corrected chi connectivity index (χ1v) is 15.9. The van der Waals surface area contributed by atoms with Gasteiger partial charge in [0.25, 0.3) is 17.7 Å². The van der Waals surface area contributed by atoms with Crippen molar-refractivity contribution in [2.24, 2.45) is 11.7 Å². The third-order valence-corrected chi connectivity index (χ3v) is 9.12. The van der Waals surface area contributed by atoms with Crippen LogP contribution in [0.15, 0.2) is 65.2 Å². The molecule has 230 valence electrons. The van der Waals surface area contributed by atoms with Crippen LogP contribution in [-0.4, -0.2) is 26.9 Å². The van der Waals surface area contributed by atoms with E-state index in [2.05, 4.69) is 27.6 Å². The molecule has 0 aliphatic heterocycles. The van der Waals surface area contributed by atoms with Crippen LogP contribution in [0.4, 0.5) is 4.39 Å². The molecule has 5 aromatic rings. The first-order chi connectivity index (χ1) is 21.7. The number of carbonyl (C=O) groups is 2. The molecule has 2 amide bonds. The number of amides is 2. The van der Waals surface area contributed by atoms with E-state index in [1.54, 1.807) is 25.1 Å². The number of pyridine rings is 1. The number of halogens is 1. The van der Waals surface area contributed by atoms with Gasteiger partial charge in [-0.2, -0.15) is 4.98 Å². The van der Waals surface area contributed by atoms with E-state index in [0.29, 0.717) is 57.4 Å². The number of aromatic nitrogens is 3. The van der Waals surface area contributed by atoms with Crippen LogP contribution in [0.2, 0.25) is 0 Å². The average molecular weight is 624 g/mol. The summed E-state index contributed by atoms with van der Waals surface area (Å²) >= 11 is 1.28. The number of rotatable bonds is 10. The summed E-state index contributed by atoms with van der Waals surface area (Å²) in [6, 6.07) is 18.1. The highest BCUT2D eigenvalue weighted by Crippen LogP contribution is 2.42. The van der Waals surface area contributed by atoms with Crippen molar-refractivity contribution in [3.05, 3.63) is 111 Å². The fourth-order valence-electron chi connectivity index (χ4n) is 5.99. The van der Waals surface area contributed by atoms with Crippen molar-refractivity contribution in [1.82, 2.24) is 20.4 Å². The third kappa shape index (κ3) is 6.42. The Morgan fingerprint density at radius 2 is 1.80 bits per heavy atom. The van der Waals surface area contributed by atoms with Crippen LogP contribution in [0.25, 0.3) is 21.9 Å². The van der Waals surface area contributed by atoms with Gasteiger partial charge in [-0.1, -0.05) is 55.4 Å². The second-order valence-electron chi connectivity index (χ2n) is 11.8. The number of thiophene rings is 1. The minimum atomic E-state index is -0.627. The summed E-state index contributed by atoms with van der Waals surface area (Å²) in [7, 11) is 0. The molecule has 0 bridgehead atoms. The molecular formula is C35H34FN5O3S. The maximum Gasteiger partial charge on any atom is 0.261 e. The molecule has 3 aromatic heterocycles. The number of nitrogens with two attached hydrogens (primary N) is 1. The highest BCUT2D eigenvalue weighted by atomic mass is 32.1. The molecule has 0 saturated carbocycles. The smallest absolute Gasteiger partial charge is 0.261 e. The number of hydrogen-bond acceptors (Lipinski definition) is 7. The molecule has 0 fully saturated rings. The SMILES string of the molecule is Cc1noc(-c2c(CCc3ccc(F)cc3)nc(CC(C)C)c(C(N)=O)c2-c2ccc(C(=O)N[C@H]3CCc4ccccc43)s2)n1. The maximum absolute atomic E-state index is 13.6. The topological polar surface area (TPSA) is 124 Å². The molecular weight excluding hydrogens is 589 g/mol. The van der Waals surface area contributed by atoms with Crippen LogP contribution in [0.1, 0.15) is 80.2 Å². The number of aryl methyl sites for hydroxylation is 4. The minimum Gasteiger partial charge on any atom is -0.366 e. The Hall–Kier alpha value is -4.70. The lowest BCUT2D eigenvalue weighted by atomic mass is 9.91. The van der Waals surface area contributed by atoms with Gasteiger partial charge in [-0.25, -0.2) is 4.39 Å². The van der Waals surface area contributed by atoms with Crippen molar-refractivity contribution >= 4 is 23.2 Å².